The molecule has 0 aliphatic rings. The summed E-state index contributed by atoms with van der Waals surface area (Å²) in [5, 5.41) is 14.3. The molecule has 0 fully saturated rings. The van der Waals surface area contributed by atoms with Crippen molar-refractivity contribution in [1.82, 2.24) is 14.8 Å². The molecule has 28 heavy (non-hydrogen) atoms. The number of thioether (sulfide) groups is 1. The summed E-state index contributed by atoms with van der Waals surface area (Å²) in [6, 6.07) is 22.1. The minimum Gasteiger partial charge on any atom is -0.325 e. The van der Waals surface area contributed by atoms with E-state index in [1.807, 2.05) is 66.1 Å². The zero-order valence-corrected chi connectivity index (χ0v) is 16.5. The molecule has 1 amide bonds. The Morgan fingerprint density at radius 2 is 1.71 bits per heavy atom. The maximum Gasteiger partial charge on any atom is 0.234 e. The largest absolute Gasteiger partial charge is 0.325 e. The van der Waals surface area contributed by atoms with Crippen molar-refractivity contribution < 1.29 is 4.79 Å². The maximum absolute atomic E-state index is 12.5. The number of fused-ring (bicyclic) bond motifs is 1. The molecule has 0 atom stereocenters. The van der Waals surface area contributed by atoms with Crippen LogP contribution in [-0.4, -0.2) is 26.4 Å². The van der Waals surface area contributed by atoms with Crippen LogP contribution >= 0.6 is 11.8 Å². The first kappa shape index (κ1) is 18.3. The minimum absolute atomic E-state index is 0.0718. The highest BCUT2D eigenvalue weighted by Gasteiger charge is 2.14. The third-order valence-corrected chi connectivity index (χ3v) is 5.41. The second-order valence-corrected chi connectivity index (χ2v) is 7.51. The molecule has 0 aliphatic heterocycles. The number of amides is 1. The van der Waals surface area contributed by atoms with Gasteiger partial charge in [0, 0.05) is 16.8 Å². The van der Waals surface area contributed by atoms with Gasteiger partial charge < -0.3 is 5.32 Å². The lowest BCUT2D eigenvalue weighted by atomic mass is 10.1. The zero-order chi connectivity index (χ0) is 19.5. The highest BCUT2D eigenvalue weighted by Crippen LogP contribution is 2.25. The van der Waals surface area contributed by atoms with Crippen LogP contribution in [0.5, 0.6) is 0 Å². The number of nitrogens with one attached hydrogen (secondary N) is 1. The molecule has 1 heterocycles. The number of anilines is 1. The Morgan fingerprint density at radius 1 is 0.964 bits per heavy atom. The fourth-order valence-electron chi connectivity index (χ4n) is 3.08. The second kappa shape index (κ2) is 7.86. The van der Waals surface area contributed by atoms with Gasteiger partial charge in [-0.3, -0.25) is 9.36 Å². The van der Waals surface area contributed by atoms with Crippen molar-refractivity contribution in [3.63, 3.8) is 0 Å². The van der Waals surface area contributed by atoms with Crippen LogP contribution in [0.4, 0.5) is 5.69 Å². The first-order valence-electron chi connectivity index (χ1n) is 9.01. The van der Waals surface area contributed by atoms with E-state index in [9.17, 15) is 4.79 Å². The van der Waals surface area contributed by atoms with Gasteiger partial charge >= 0.3 is 0 Å². The Balaban J connectivity index is 1.49. The van der Waals surface area contributed by atoms with Crippen molar-refractivity contribution in [2.75, 3.05) is 11.1 Å². The molecule has 0 bridgehead atoms. The van der Waals surface area contributed by atoms with Crippen molar-refractivity contribution >= 4 is 34.1 Å². The summed E-state index contributed by atoms with van der Waals surface area (Å²) in [6.07, 6.45) is 0. The topological polar surface area (TPSA) is 59.8 Å². The lowest BCUT2D eigenvalue weighted by Crippen LogP contribution is -2.14. The number of hydrogen-bond acceptors (Lipinski definition) is 4. The van der Waals surface area contributed by atoms with E-state index in [1.54, 1.807) is 0 Å². The normalized spacial score (nSPS) is 10.9. The molecular weight excluding hydrogens is 368 g/mol. The average molecular weight is 388 g/mol. The highest BCUT2D eigenvalue weighted by atomic mass is 32.2. The third-order valence-electron chi connectivity index (χ3n) is 4.48. The Hall–Kier alpha value is -3.12. The molecule has 140 valence electrons. The van der Waals surface area contributed by atoms with Gasteiger partial charge in [-0.15, -0.1) is 10.2 Å². The van der Waals surface area contributed by atoms with Gasteiger partial charge in [-0.25, -0.2) is 0 Å². The van der Waals surface area contributed by atoms with E-state index in [2.05, 4.69) is 34.6 Å². The smallest absolute Gasteiger partial charge is 0.234 e. The van der Waals surface area contributed by atoms with E-state index in [0.29, 0.717) is 5.16 Å². The van der Waals surface area contributed by atoms with Crippen LogP contribution < -0.4 is 5.32 Å². The molecule has 0 aliphatic carbocycles. The zero-order valence-electron chi connectivity index (χ0n) is 15.7. The SMILES string of the molecule is Cc1ccc(-n2c(C)nnc2SCC(=O)Nc2cccc3ccccc23)cc1. The number of carbonyl (C=O) groups excluding carboxylic acids is 1. The molecule has 0 saturated carbocycles. The monoisotopic (exact) mass is 388 g/mol. The number of benzene rings is 3. The molecule has 1 aromatic heterocycles. The summed E-state index contributed by atoms with van der Waals surface area (Å²) < 4.78 is 1.97. The van der Waals surface area contributed by atoms with E-state index in [-0.39, 0.29) is 11.7 Å². The van der Waals surface area contributed by atoms with E-state index >= 15 is 0 Å². The van der Waals surface area contributed by atoms with E-state index < -0.39 is 0 Å². The van der Waals surface area contributed by atoms with Crippen LogP contribution in [0.15, 0.2) is 71.9 Å². The quantitative estimate of drug-likeness (QED) is 0.501. The van der Waals surface area contributed by atoms with Crippen LogP contribution in [0, 0.1) is 13.8 Å². The van der Waals surface area contributed by atoms with Crippen molar-refractivity contribution in [3.05, 3.63) is 78.1 Å². The molecule has 3 aromatic carbocycles. The van der Waals surface area contributed by atoms with Gasteiger partial charge in [0.2, 0.25) is 5.91 Å². The first-order chi connectivity index (χ1) is 13.6. The van der Waals surface area contributed by atoms with Gasteiger partial charge in [0.05, 0.1) is 5.75 Å². The number of carbonyl (C=O) groups is 1. The maximum atomic E-state index is 12.5. The number of rotatable bonds is 5. The highest BCUT2D eigenvalue weighted by molar-refractivity contribution is 7.99. The summed E-state index contributed by atoms with van der Waals surface area (Å²) in [6.45, 7) is 3.96. The first-order valence-corrected chi connectivity index (χ1v) is 10.00. The summed E-state index contributed by atoms with van der Waals surface area (Å²) in [7, 11) is 0. The van der Waals surface area contributed by atoms with Crippen LogP contribution in [0.25, 0.3) is 16.5 Å². The van der Waals surface area contributed by atoms with Gasteiger partial charge in [-0.05, 0) is 37.4 Å². The third kappa shape index (κ3) is 3.77. The fourth-order valence-corrected chi connectivity index (χ4v) is 3.88. The summed E-state index contributed by atoms with van der Waals surface area (Å²) in [5.41, 5.74) is 3.00. The summed E-state index contributed by atoms with van der Waals surface area (Å²) in [4.78, 5) is 12.5. The van der Waals surface area contributed by atoms with Crippen LogP contribution in [-0.2, 0) is 4.79 Å². The van der Waals surface area contributed by atoms with Crippen LogP contribution in [0.1, 0.15) is 11.4 Å². The molecule has 0 unspecified atom stereocenters. The van der Waals surface area contributed by atoms with E-state index in [1.165, 1.54) is 17.3 Å². The fraction of sp³-hybridized carbons (Fsp3) is 0.136. The number of nitrogens with zero attached hydrogens (tertiary/aromatic N) is 3. The van der Waals surface area contributed by atoms with Gasteiger partial charge in [0.25, 0.3) is 0 Å². The van der Waals surface area contributed by atoms with Crippen molar-refractivity contribution in [2.45, 2.75) is 19.0 Å². The molecule has 5 nitrogen and oxygen atoms in total. The number of aromatic nitrogens is 3. The Bertz CT molecular complexity index is 1130. The molecule has 0 spiro atoms. The van der Waals surface area contributed by atoms with Gasteiger partial charge in [0.1, 0.15) is 5.82 Å². The van der Waals surface area contributed by atoms with E-state index in [4.69, 9.17) is 0 Å². The van der Waals surface area contributed by atoms with Gasteiger partial charge in [-0.1, -0.05) is 65.9 Å². The molecule has 0 saturated heterocycles. The van der Waals surface area contributed by atoms with Crippen LogP contribution in [0.3, 0.4) is 0 Å². The molecular formula is C22H20N4OS. The Labute approximate surface area is 167 Å². The second-order valence-electron chi connectivity index (χ2n) is 6.56. The number of hydrogen-bond donors (Lipinski definition) is 1. The number of aryl methyl sites for hydroxylation is 2. The lowest BCUT2D eigenvalue weighted by Gasteiger charge is -2.10. The Kier molecular flexibility index (Phi) is 5.12. The lowest BCUT2D eigenvalue weighted by molar-refractivity contribution is -0.113. The van der Waals surface area contributed by atoms with Crippen LogP contribution in [0.2, 0.25) is 0 Å². The molecule has 1 N–H and O–H groups in total. The molecule has 0 radical (unpaired) electrons. The minimum atomic E-state index is -0.0718. The Morgan fingerprint density at radius 3 is 2.54 bits per heavy atom. The summed E-state index contributed by atoms with van der Waals surface area (Å²) in [5.74, 6) is 0.978. The van der Waals surface area contributed by atoms with Crippen molar-refractivity contribution in [2.24, 2.45) is 0 Å². The summed E-state index contributed by atoms with van der Waals surface area (Å²) >= 11 is 1.38. The molecule has 4 aromatic rings. The van der Waals surface area contributed by atoms with Crippen molar-refractivity contribution in [1.29, 1.82) is 0 Å². The van der Waals surface area contributed by atoms with Gasteiger partial charge in [0.15, 0.2) is 5.16 Å². The predicted molar refractivity (Wildman–Crippen MR) is 114 cm³/mol. The average Bonchev–Trinajstić information content (AvgIpc) is 3.08. The predicted octanol–water partition coefficient (Wildman–Crippen LogP) is 4.77. The van der Waals surface area contributed by atoms with Crippen molar-refractivity contribution in [3.8, 4) is 5.69 Å². The molecule has 6 heteroatoms. The standard InChI is InChI=1S/C22H20N4OS/c1-15-10-12-18(13-11-15)26-16(2)24-25-22(26)28-14-21(27)23-20-9-5-7-17-6-3-4-8-19(17)20/h3-13H,14H2,1-2H3,(H,23,27). The molecule has 4 rings (SSSR count). The van der Waals surface area contributed by atoms with Gasteiger partial charge in [-0.2, -0.15) is 0 Å². The van der Waals surface area contributed by atoms with E-state index in [0.717, 1.165) is 28.0 Å².